The van der Waals surface area contributed by atoms with Gasteiger partial charge >= 0.3 is 0 Å². The van der Waals surface area contributed by atoms with E-state index in [9.17, 15) is 18.0 Å². The van der Waals surface area contributed by atoms with Crippen LogP contribution in [0, 0.1) is 13.8 Å². The minimum Gasteiger partial charge on any atom is -0.352 e. The monoisotopic (exact) mass is 569 g/mol. The van der Waals surface area contributed by atoms with E-state index in [1.165, 1.54) is 9.21 Å². The Hall–Kier alpha value is -2.29. The lowest BCUT2D eigenvalue weighted by molar-refractivity contribution is -0.141. The normalized spacial score (nSPS) is 12.4. The molecule has 0 spiro atoms. The Morgan fingerprint density at radius 2 is 1.65 bits per heavy atom. The maximum absolute atomic E-state index is 13.5. The van der Waals surface area contributed by atoms with Crippen LogP contribution in [0.15, 0.2) is 36.4 Å². The molecule has 37 heavy (non-hydrogen) atoms. The van der Waals surface area contributed by atoms with Crippen molar-refractivity contribution in [1.29, 1.82) is 0 Å². The lowest BCUT2D eigenvalue weighted by Gasteiger charge is -2.32. The van der Waals surface area contributed by atoms with E-state index in [1.807, 2.05) is 46.8 Å². The summed E-state index contributed by atoms with van der Waals surface area (Å²) in [5.41, 5.74) is 3.15. The zero-order valence-electron chi connectivity index (χ0n) is 22.3. The standard InChI is InChI=1S/C27H37Cl2N3O4S/c1-7-25(27(34)30-18(2)3)31(17-22-23(28)10-8-11-24(22)29)26(33)12-9-15-32(37(6,35)36)21-14-13-19(4)20(5)16-21/h8,10-11,13-14,16,18,25H,7,9,12,15,17H2,1-6H3,(H,30,34). The minimum absolute atomic E-state index is 0.0460. The van der Waals surface area contributed by atoms with Gasteiger partial charge in [-0.05, 0) is 75.9 Å². The first-order valence-electron chi connectivity index (χ1n) is 12.3. The van der Waals surface area contributed by atoms with Crippen molar-refractivity contribution >= 4 is 50.7 Å². The van der Waals surface area contributed by atoms with Gasteiger partial charge in [-0.3, -0.25) is 13.9 Å². The number of sulfonamides is 1. The number of hydrogen-bond acceptors (Lipinski definition) is 4. The molecule has 0 saturated heterocycles. The zero-order chi connectivity index (χ0) is 27.9. The summed E-state index contributed by atoms with van der Waals surface area (Å²) in [6.07, 6.45) is 1.86. The lowest BCUT2D eigenvalue weighted by Crippen LogP contribution is -2.50. The molecule has 2 rings (SSSR count). The summed E-state index contributed by atoms with van der Waals surface area (Å²) in [4.78, 5) is 28.0. The number of hydrogen-bond donors (Lipinski definition) is 1. The van der Waals surface area contributed by atoms with E-state index in [4.69, 9.17) is 23.2 Å². The average molecular weight is 571 g/mol. The number of benzene rings is 2. The summed E-state index contributed by atoms with van der Waals surface area (Å²) in [6.45, 7) is 9.62. The summed E-state index contributed by atoms with van der Waals surface area (Å²) < 4.78 is 26.4. The van der Waals surface area contributed by atoms with E-state index in [0.29, 0.717) is 27.7 Å². The first-order valence-corrected chi connectivity index (χ1v) is 14.9. The molecule has 0 aromatic heterocycles. The second kappa shape index (κ2) is 13.5. The van der Waals surface area contributed by atoms with Crippen LogP contribution in [0.2, 0.25) is 10.0 Å². The Bertz CT molecular complexity index is 1200. The minimum atomic E-state index is -3.56. The molecule has 0 aliphatic carbocycles. The second-order valence-electron chi connectivity index (χ2n) is 9.52. The molecule has 1 atom stereocenters. The van der Waals surface area contributed by atoms with Gasteiger partial charge in [0, 0.05) is 41.2 Å². The largest absolute Gasteiger partial charge is 0.352 e. The van der Waals surface area contributed by atoms with Crippen LogP contribution in [0.25, 0.3) is 0 Å². The van der Waals surface area contributed by atoms with E-state index in [2.05, 4.69) is 5.32 Å². The molecule has 10 heteroatoms. The van der Waals surface area contributed by atoms with Crippen molar-refractivity contribution in [2.75, 3.05) is 17.1 Å². The quantitative estimate of drug-likeness (QED) is 0.366. The van der Waals surface area contributed by atoms with Gasteiger partial charge in [-0.15, -0.1) is 0 Å². The lowest BCUT2D eigenvalue weighted by atomic mass is 10.1. The molecule has 0 saturated carbocycles. The molecule has 1 unspecified atom stereocenters. The number of halogens is 2. The second-order valence-corrected chi connectivity index (χ2v) is 12.2. The Labute approximate surface area is 231 Å². The van der Waals surface area contributed by atoms with Gasteiger partial charge in [0.15, 0.2) is 0 Å². The van der Waals surface area contributed by atoms with Gasteiger partial charge < -0.3 is 10.2 Å². The van der Waals surface area contributed by atoms with Crippen molar-refractivity contribution in [2.45, 2.75) is 72.5 Å². The number of nitrogens with zero attached hydrogens (tertiary/aromatic N) is 2. The SMILES string of the molecule is CCC(C(=O)NC(C)C)N(Cc1c(Cl)cccc1Cl)C(=O)CCCN(c1ccc(C)c(C)c1)S(C)(=O)=O. The molecule has 7 nitrogen and oxygen atoms in total. The Kier molecular flexibility index (Phi) is 11.3. The topological polar surface area (TPSA) is 86.8 Å². The van der Waals surface area contributed by atoms with Gasteiger partial charge in [-0.2, -0.15) is 0 Å². The van der Waals surface area contributed by atoms with Crippen LogP contribution in [0.5, 0.6) is 0 Å². The van der Waals surface area contributed by atoms with Gasteiger partial charge in [0.25, 0.3) is 0 Å². The highest BCUT2D eigenvalue weighted by molar-refractivity contribution is 7.92. The van der Waals surface area contributed by atoms with E-state index in [-0.39, 0.29) is 43.8 Å². The number of rotatable bonds is 12. The predicted molar refractivity (Wildman–Crippen MR) is 152 cm³/mol. The molecule has 2 aromatic rings. The number of aryl methyl sites for hydroxylation is 2. The molecule has 0 fully saturated rings. The Morgan fingerprint density at radius 3 is 2.16 bits per heavy atom. The molecule has 0 bridgehead atoms. The van der Waals surface area contributed by atoms with Crippen molar-refractivity contribution in [3.63, 3.8) is 0 Å². The van der Waals surface area contributed by atoms with Crippen molar-refractivity contribution in [3.05, 3.63) is 63.1 Å². The fourth-order valence-electron chi connectivity index (χ4n) is 4.04. The van der Waals surface area contributed by atoms with Crippen LogP contribution >= 0.6 is 23.2 Å². The summed E-state index contributed by atoms with van der Waals surface area (Å²) in [5.74, 6) is -0.544. The highest BCUT2D eigenvalue weighted by Gasteiger charge is 2.30. The fraction of sp³-hybridized carbons (Fsp3) is 0.481. The van der Waals surface area contributed by atoms with Crippen LogP contribution in [-0.4, -0.2) is 50.0 Å². The maximum Gasteiger partial charge on any atom is 0.243 e. The zero-order valence-corrected chi connectivity index (χ0v) is 24.7. The molecule has 0 aliphatic heterocycles. The average Bonchev–Trinajstić information content (AvgIpc) is 2.79. The van der Waals surface area contributed by atoms with Crippen molar-refractivity contribution < 1.29 is 18.0 Å². The number of nitrogens with one attached hydrogen (secondary N) is 1. The van der Waals surface area contributed by atoms with Crippen LogP contribution in [0.3, 0.4) is 0 Å². The highest BCUT2D eigenvalue weighted by Crippen LogP contribution is 2.28. The third-order valence-corrected chi connectivity index (χ3v) is 8.04. The first-order chi connectivity index (χ1) is 17.3. The van der Waals surface area contributed by atoms with Crippen molar-refractivity contribution in [2.24, 2.45) is 0 Å². The van der Waals surface area contributed by atoms with Gasteiger partial charge in [0.2, 0.25) is 21.8 Å². The molecular formula is C27H37Cl2N3O4S. The third-order valence-electron chi connectivity index (χ3n) is 6.14. The summed E-state index contributed by atoms with van der Waals surface area (Å²) in [6, 6.07) is 9.74. The predicted octanol–water partition coefficient (Wildman–Crippen LogP) is 5.49. The molecule has 2 aromatic carbocycles. The van der Waals surface area contributed by atoms with Gasteiger partial charge in [0.1, 0.15) is 6.04 Å². The van der Waals surface area contributed by atoms with Crippen LogP contribution in [-0.2, 0) is 26.2 Å². The summed E-state index contributed by atoms with van der Waals surface area (Å²) in [5, 5.41) is 3.69. The van der Waals surface area contributed by atoms with Gasteiger partial charge in [-0.1, -0.05) is 42.3 Å². The van der Waals surface area contributed by atoms with Crippen LogP contribution < -0.4 is 9.62 Å². The molecule has 204 valence electrons. The summed E-state index contributed by atoms with van der Waals surface area (Å²) in [7, 11) is -3.56. The smallest absolute Gasteiger partial charge is 0.243 e. The number of anilines is 1. The van der Waals surface area contributed by atoms with Crippen molar-refractivity contribution in [3.8, 4) is 0 Å². The molecular weight excluding hydrogens is 533 g/mol. The van der Waals surface area contributed by atoms with E-state index in [1.54, 1.807) is 24.3 Å². The van der Waals surface area contributed by atoms with Gasteiger partial charge in [0.05, 0.1) is 11.9 Å². The van der Waals surface area contributed by atoms with E-state index >= 15 is 0 Å². The van der Waals surface area contributed by atoms with Crippen LogP contribution in [0.1, 0.15) is 56.7 Å². The van der Waals surface area contributed by atoms with Crippen LogP contribution in [0.4, 0.5) is 5.69 Å². The Morgan fingerprint density at radius 1 is 1.03 bits per heavy atom. The first kappa shape index (κ1) is 30.9. The van der Waals surface area contributed by atoms with E-state index in [0.717, 1.165) is 17.4 Å². The number of carbonyl (C=O) groups is 2. The third kappa shape index (κ3) is 8.62. The van der Waals surface area contributed by atoms with E-state index < -0.39 is 16.1 Å². The number of carbonyl (C=O) groups excluding carboxylic acids is 2. The molecule has 0 aliphatic rings. The molecule has 2 amide bonds. The van der Waals surface area contributed by atoms with Crippen molar-refractivity contribution in [1.82, 2.24) is 10.2 Å². The Balaban J connectivity index is 2.29. The number of amides is 2. The molecule has 0 radical (unpaired) electrons. The highest BCUT2D eigenvalue weighted by atomic mass is 35.5. The fourth-order valence-corrected chi connectivity index (χ4v) is 5.51. The summed E-state index contributed by atoms with van der Waals surface area (Å²) >= 11 is 12.8. The molecule has 0 heterocycles. The van der Waals surface area contributed by atoms with Gasteiger partial charge in [-0.25, -0.2) is 8.42 Å². The molecule has 1 N–H and O–H groups in total. The maximum atomic E-state index is 13.5.